The van der Waals surface area contributed by atoms with Gasteiger partial charge in [0.05, 0.1) is 24.4 Å². The van der Waals surface area contributed by atoms with E-state index in [4.69, 9.17) is 10.5 Å². The lowest BCUT2D eigenvalue weighted by Gasteiger charge is -2.17. The molecule has 20 heavy (non-hydrogen) atoms. The first-order valence-electron chi connectivity index (χ1n) is 6.75. The lowest BCUT2D eigenvalue weighted by atomic mass is 10.0. The first-order chi connectivity index (χ1) is 9.54. The highest BCUT2D eigenvalue weighted by atomic mass is 16.5. The van der Waals surface area contributed by atoms with E-state index in [0.717, 1.165) is 12.0 Å². The van der Waals surface area contributed by atoms with Crippen molar-refractivity contribution in [2.75, 3.05) is 12.8 Å². The lowest BCUT2D eigenvalue weighted by molar-refractivity contribution is 0.391. The summed E-state index contributed by atoms with van der Waals surface area (Å²) in [6.45, 7) is 6.47. The third-order valence-electron chi connectivity index (χ3n) is 3.21. The molecular formula is C14H21N5O. The molecule has 0 bridgehead atoms. The molecule has 2 rings (SSSR count). The van der Waals surface area contributed by atoms with Crippen molar-refractivity contribution in [3.63, 3.8) is 0 Å². The molecule has 1 atom stereocenters. The van der Waals surface area contributed by atoms with Crippen LogP contribution in [-0.2, 0) is 0 Å². The number of anilines is 1. The third kappa shape index (κ3) is 2.74. The largest absolute Gasteiger partial charge is 0.494 e. The van der Waals surface area contributed by atoms with Crippen LogP contribution in [0.25, 0.3) is 11.4 Å². The topological polar surface area (TPSA) is 78.8 Å². The number of rotatable bonds is 5. The maximum absolute atomic E-state index is 5.94. The van der Waals surface area contributed by atoms with Crippen molar-refractivity contribution in [1.82, 2.24) is 20.2 Å². The van der Waals surface area contributed by atoms with Crippen molar-refractivity contribution in [1.29, 1.82) is 0 Å². The standard InChI is InChI=1S/C14H21N5O/c1-9(2)8-10(3)19-14(16-17-18-19)11-6-5-7-12(15)13(11)20-4/h5-7,9-10H,8,15H2,1-4H3. The quantitative estimate of drug-likeness (QED) is 0.848. The highest BCUT2D eigenvalue weighted by Crippen LogP contribution is 2.34. The fraction of sp³-hybridized carbons (Fsp3) is 0.500. The molecule has 6 heteroatoms. The Kier molecular flexibility index (Phi) is 4.22. The first kappa shape index (κ1) is 14.3. The number of hydrogen-bond donors (Lipinski definition) is 1. The second kappa shape index (κ2) is 5.90. The molecule has 2 N–H and O–H groups in total. The molecule has 108 valence electrons. The molecule has 1 unspecified atom stereocenters. The van der Waals surface area contributed by atoms with Crippen molar-refractivity contribution in [2.45, 2.75) is 33.2 Å². The van der Waals surface area contributed by atoms with Gasteiger partial charge in [-0.1, -0.05) is 19.9 Å². The van der Waals surface area contributed by atoms with Gasteiger partial charge in [-0.25, -0.2) is 4.68 Å². The molecule has 0 aliphatic heterocycles. The van der Waals surface area contributed by atoms with Crippen LogP contribution in [0.15, 0.2) is 18.2 Å². The van der Waals surface area contributed by atoms with E-state index < -0.39 is 0 Å². The Hall–Kier alpha value is -2.11. The van der Waals surface area contributed by atoms with Crippen molar-refractivity contribution in [2.24, 2.45) is 5.92 Å². The minimum atomic E-state index is 0.214. The predicted molar refractivity (Wildman–Crippen MR) is 78.4 cm³/mol. The van der Waals surface area contributed by atoms with Gasteiger partial charge in [0.2, 0.25) is 0 Å². The number of nitrogens with zero attached hydrogens (tertiary/aromatic N) is 4. The van der Waals surface area contributed by atoms with Gasteiger partial charge in [0.25, 0.3) is 0 Å². The van der Waals surface area contributed by atoms with E-state index in [0.29, 0.717) is 23.2 Å². The van der Waals surface area contributed by atoms with Crippen LogP contribution >= 0.6 is 0 Å². The van der Waals surface area contributed by atoms with Gasteiger partial charge in [-0.2, -0.15) is 0 Å². The Morgan fingerprint density at radius 3 is 2.70 bits per heavy atom. The van der Waals surface area contributed by atoms with E-state index in [1.807, 2.05) is 16.8 Å². The van der Waals surface area contributed by atoms with Crippen molar-refractivity contribution >= 4 is 5.69 Å². The molecule has 6 nitrogen and oxygen atoms in total. The minimum absolute atomic E-state index is 0.214. The van der Waals surface area contributed by atoms with Crippen LogP contribution < -0.4 is 10.5 Å². The Bertz CT molecular complexity index is 579. The minimum Gasteiger partial charge on any atom is -0.494 e. The van der Waals surface area contributed by atoms with Crippen LogP contribution in [0.1, 0.15) is 33.2 Å². The van der Waals surface area contributed by atoms with E-state index >= 15 is 0 Å². The fourth-order valence-corrected chi connectivity index (χ4v) is 2.41. The second-order valence-electron chi connectivity index (χ2n) is 5.35. The second-order valence-corrected chi connectivity index (χ2v) is 5.35. The van der Waals surface area contributed by atoms with Gasteiger partial charge in [-0.05, 0) is 41.8 Å². The number of aromatic nitrogens is 4. The number of benzene rings is 1. The molecule has 0 radical (unpaired) electrons. The van der Waals surface area contributed by atoms with Crippen LogP contribution in [-0.4, -0.2) is 27.3 Å². The number of para-hydroxylation sites is 1. The van der Waals surface area contributed by atoms with E-state index in [1.54, 1.807) is 13.2 Å². The zero-order valence-electron chi connectivity index (χ0n) is 12.4. The normalized spacial score (nSPS) is 12.7. The smallest absolute Gasteiger partial charge is 0.186 e. The number of nitrogen functional groups attached to an aromatic ring is 1. The van der Waals surface area contributed by atoms with Crippen LogP contribution in [0.2, 0.25) is 0 Å². The van der Waals surface area contributed by atoms with Gasteiger partial charge >= 0.3 is 0 Å². The summed E-state index contributed by atoms with van der Waals surface area (Å²) < 4.78 is 7.21. The van der Waals surface area contributed by atoms with Gasteiger partial charge in [0, 0.05) is 0 Å². The first-order valence-corrected chi connectivity index (χ1v) is 6.75. The van der Waals surface area contributed by atoms with Crippen LogP contribution in [0.4, 0.5) is 5.69 Å². The van der Waals surface area contributed by atoms with Gasteiger partial charge in [0.1, 0.15) is 0 Å². The van der Waals surface area contributed by atoms with Crippen LogP contribution in [0.5, 0.6) is 5.75 Å². The number of hydrogen-bond acceptors (Lipinski definition) is 5. The summed E-state index contributed by atoms with van der Waals surface area (Å²) in [5.41, 5.74) is 7.33. The molecule has 0 aliphatic rings. The molecule has 0 fully saturated rings. The predicted octanol–water partition coefficient (Wildman–Crippen LogP) is 2.54. The number of tetrazole rings is 1. The van der Waals surface area contributed by atoms with Gasteiger partial charge < -0.3 is 10.5 Å². The molecule has 0 spiro atoms. The highest BCUT2D eigenvalue weighted by molar-refractivity contribution is 5.73. The average Bonchev–Trinajstić information content (AvgIpc) is 2.86. The highest BCUT2D eigenvalue weighted by Gasteiger charge is 2.19. The third-order valence-corrected chi connectivity index (χ3v) is 3.21. The molecule has 0 amide bonds. The molecule has 2 aromatic rings. The summed E-state index contributed by atoms with van der Waals surface area (Å²) >= 11 is 0. The molecule has 1 aromatic heterocycles. The summed E-state index contributed by atoms with van der Waals surface area (Å²) in [7, 11) is 1.60. The summed E-state index contributed by atoms with van der Waals surface area (Å²) in [4.78, 5) is 0. The summed E-state index contributed by atoms with van der Waals surface area (Å²) in [5.74, 6) is 1.87. The SMILES string of the molecule is COc1c(N)cccc1-c1nnnn1C(C)CC(C)C. The Morgan fingerprint density at radius 2 is 2.05 bits per heavy atom. The Labute approximate surface area is 118 Å². The van der Waals surface area contributed by atoms with Crippen LogP contribution in [0, 0.1) is 5.92 Å². The number of nitrogens with two attached hydrogens (primary N) is 1. The molecular weight excluding hydrogens is 254 g/mol. The van der Waals surface area contributed by atoms with E-state index in [9.17, 15) is 0 Å². The molecule has 0 aliphatic carbocycles. The maximum atomic E-state index is 5.94. The fourth-order valence-electron chi connectivity index (χ4n) is 2.41. The monoisotopic (exact) mass is 275 g/mol. The van der Waals surface area contributed by atoms with Crippen molar-refractivity contribution < 1.29 is 4.74 Å². The summed E-state index contributed by atoms with van der Waals surface area (Å²) in [6.07, 6.45) is 1.00. The number of ether oxygens (including phenoxy) is 1. The average molecular weight is 275 g/mol. The maximum Gasteiger partial charge on any atom is 0.186 e. The van der Waals surface area contributed by atoms with Crippen molar-refractivity contribution in [3.05, 3.63) is 18.2 Å². The van der Waals surface area contributed by atoms with Gasteiger partial charge in [-0.15, -0.1) is 5.10 Å². The van der Waals surface area contributed by atoms with E-state index in [-0.39, 0.29) is 6.04 Å². The van der Waals surface area contributed by atoms with Gasteiger partial charge in [-0.3, -0.25) is 0 Å². The number of methoxy groups -OCH3 is 1. The molecule has 1 heterocycles. The molecule has 0 saturated carbocycles. The molecule has 0 saturated heterocycles. The van der Waals surface area contributed by atoms with Crippen molar-refractivity contribution in [3.8, 4) is 17.1 Å². The van der Waals surface area contributed by atoms with E-state index in [2.05, 4.69) is 36.3 Å². The van der Waals surface area contributed by atoms with E-state index in [1.165, 1.54) is 0 Å². The van der Waals surface area contributed by atoms with Crippen LogP contribution in [0.3, 0.4) is 0 Å². The van der Waals surface area contributed by atoms with Gasteiger partial charge in [0.15, 0.2) is 11.6 Å². The zero-order chi connectivity index (χ0) is 14.7. The Morgan fingerprint density at radius 1 is 1.30 bits per heavy atom. The zero-order valence-corrected chi connectivity index (χ0v) is 12.4. The summed E-state index contributed by atoms with van der Waals surface area (Å²) in [5, 5.41) is 12.0. The molecule has 1 aromatic carbocycles. The Balaban J connectivity index is 2.45. The summed E-state index contributed by atoms with van der Waals surface area (Å²) in [6, 6.07) is 5.80. The lowest BCUT2D eigenvalue weighted by Crippen LogP contribution is -2.12.